The van der Waals surface area contributed by atoms with Gasteiger partial charge in [-0.2, -0.15) is 0 Å². The predicted molar refractivity (Wildman–Crippen MR) is 68.1 cm³/mol. The lowest BCUT2D eigenvalue weighted by Gasteiger charge is -2.43. The smallest absolute Gasteiger partial charge is 0.155 e. The standard InChI is InChI=1S/C13H18O4S/c1-13-3-2-7(14)4-9(13)12(15)8-6-16-10(8)5-11(13)17-18/h2-3,8-12,15,18H,4-6H2,1H3/t8?,9-,10?,11+,12+,13+/m1/s1. The van der Waals surface area contributed by atoms with Gasteiger partial charge in [-0.05, 0) is 19.0 Å². The van der Waals surface area contributed by atoms with Gasteiger partial charge in [0.15, 0.2) is 5.78 Å². The molecule has 3 rings (SSSR count). The van der Waals surface area contributed by atoms with Gasteiger partial charge in [0.1, 0.15) is 0 Å². The molecule has 6 atom stereocenters. The number of carbonyl (C=O) groups is 1. The maximum absolute atomic E-state index is 11.6. The van der Waals surface area contributed by atoms with E-state index in [4.69, 9.17) is 8.92 Å². The van der Waals surface area contributed by atoms with Gasteiger partial charge in [-0.3, -0.25) is 4.79 Å². The number of aliphatic hydroxyl groups excluding tert-OH is 1. The molecule has 0 aromatic rings. The van der Waals surface area contributed by atoms with E-state index in [1.807, 2.05) is 13.0 Å². The van der Waals surface area contributed by atoms with Gasteiger partial charge >= 0.3 is 0 Å². The van der Waals surface area contributed by atoms with Crippen molar-refractivity contribution in [2.24, 2.45) is 17.3 Å². The number of fused-ring (bicyclic) bond motifs is 2. The normalized spacial score (nSPS) is 51.1. The number of allylic oxidation sites excluding steroid dienone is 1. The molecule has 0 bridgehead atoms. The van der Waals surface area contributed by atoms with E-state index in [9.17, 15) is 9.90 Å². The van der Waals surface area contributed by atoms with Crippen molar-refractivity contribution in [2.45, 2.75) is 38.1 Å². The zero-order chi connectivity index (χ0) is 12.9. The molecule has 2 aliphatic carbocycles. The first-order valence-electron chi connectivity index (χ1n) is 6.38. The Hall–Kier alpha value is -0.360. The number of hydrogen-bond donors (Lipinski definition) is 2. The van der Waals surface area contributed by atoms with E-state index in [0.29, 0.717) is 13.0 Å². The molecule has 0 amide bonds. The Morgan fingerprint density at radius 3 is 3.00 bits per heavy atom. The van der Waals surface area contributed by atoms with Crippen molar-refractivity contribution < 1.29 is 18.8 Å². The monoisotopic (exact) mass is 270 g/mol. The summed E-state index contributed by atoms with van der Waals surface area (Å²) in [5.74, 6) is 0.0984. The maximum Gasteiger partial charge on any atom is 0.155 e. The minimum atomic E-state index is -0.504. The lowest BCUT2D eigenvalue weighted by atomic mass is 9.65. The first-order valence-corrected chi connectivity index (χ1v) is 6.74. The second-order valence-electron chi connectivity index (χ2n) is 5.83. The van der Waals surface area contributed by atoms with Crippen molar-refractivity contribution >= 4 is 18.7 Å². The molecule has 1 N–H and O–H groups in total. The fourth-order valence-electron chi connectivity index (χ4n) is 3.56. The van der Waals surface area contributed by atoms with Gasteiger partial charge in [0, 0.05) is 30.1 Å². The van der Waals surface area contributed by atoms with Crippen molar-refractivity contribution in [2.75, 3.05) is 6.61 Å². The molecular weight excluding hydrogens is 252 g/mol. The number of hydrogen-bond acceptors (Lipinski definition) is 5. The van der Waals surface area contributed by atoms with E-state index in [2.05, 4.69) is 12.9 Å². The van der Waals surface area contributed by atoms with Gasteiger partial charge in [-0.1, -0.05) is 13.0 Å². The van der Waals surface area contributed by atoms with E-state index in [1.54, 1.807) is 6.08 Å². The largest absolute Gasteiger partial charge is 0.392 e. The molecule has 3 aliphatic rings. The first kappa shape index (κ1) is 12.7. The number of rotatable bonds is 1. The zero-order valence-electron chi connectivity index (χ0n) is 10.3. The van der Waals surface area contributed by atoms with Gasteiger partial charge in [-0.15, -0.1) is 0 Å². The Kier molecular flexibility index (Phi) is 3.05. The second kappa shape index (κ2) is 4.34. The van der Waals surface area contributed by atoms with Crippen molar-refractivity contribution in [1.82, 2.24) is 0 Å². The summed E-state index contributed by atoms with van der Waals surface area (Å²) in [5.41, 5.74) is -0.351. The van der Waals surface area contributed by atoms with Crippen molar-refractivity contribution in [1.29, 1.82) is 0 Å². The summed E-state index contributed by atoms with van der Waals surface area (Å²) in [6.45, 7) is 2.62. The van der Waals surface area contributed by atoms with Crippen LogP contribution in [-0.2, 0) is 13.7 Å². The lowest BCUT2D eigenvalue weighted by Crippen LogP contribution is -2.50. The Morgan fingerprint density at radius 1 is 1.61 bits per heavy atom. The Labute approximate surface area is 112 Å². The third-order valence-electron chi connectivity index (χ3n) is 4.95. The highest BCUT2D eigenvalue weighted by Gasteiger charge is 2.55. The van der Waals surface area contributed by atoms with Gasteiger partial charge in [0.05, 0.1) is 24.9 Å². The molecule has 2 unspecified atom stereocenters. The van der Waals surface area contributed by atoms with Gasteiger partial charge in [0.2, 0.25) is 0 Å². The highest BCUT2D eigenvalue weighted by Crippen LogP contribution is 2.50. The molecular formula is C13H18O4S. The van der Waals surface area contributed by atoms with E-state index < -0.39 is 6.10 Å². The highest BCUT2D eigenvalue weighted by atomic mass is 32.1. The molecule has 100 valence electrons. The summed E-state index contributed by atoms with van der Waals surface area (Å²) in [7, 11) is 0. The second-order valence-corrected chi connectivity index (χ2v) is 6.04. The van der Waals surface area contributed by atoms with Crippen LogP contribution in [0.4, 0.5) is 0 Å². The van der Waals surface area contributed by atoms with Crippen LogP contribution in [0.2, 0.25) is 0 Å². The number of ether oxygens (including phenoxy) is 1. The molecule has 1 aliphatic heterocycles. The molecule has 0 aromatic carbocycles. The topological polar surface area (TPSA) is 55.8 Å². The molecule has 1 saturated carbocycles. The molecule has 2 fully saturated rings. The van der Waals surface area contributed by atoms with Gasteiger partial charge in [-0.25, -0.2) is 0 Å². The molecule has 5 heteroatoms. The molecule has 4 nitrogen and oxygen atoms in total. The van der Waals surface area contributed by atoms with Crippen LogP contribution < -0.4 is 0 Å². The maximum atomic E-state index is 11.6. The Balaban J connectivity index is 2.00. The number of ketones is 1. The van der Waals surface area contributed by atoms with Gasteiger partial charge in [0.25, 0.3) is 0 Å². The van der Waals surface area contributed by atoms with Crippen molar-refractivity contribution in [3.63, 3.8) is 0 Å². The zero-order valence-corrected chi connectivity index (χ0v) is 11.2. The quantitative estimate of drug-likeness (QED) is 0.554. The summed E-state index contributed by atoms with van der Waals surface area (Å²) >= 11 is 3.97. The molecule has 0 aromatic heterocycles. The number of aliphatic hydroxyl groups is 1. The molecule has 18 heavy (non-hydrogen) atoms. The van der Waals surface area contributed by atoms with E-state index in [0.717, 1.165) is 6.42 Å². The fraction of sp³-hybridized carbons (Fsp3) is 0.769. The van der Waals surface area contributed by atoms with Crippen LogP contribution in [0, 0.1) is 17.3 Å². The van der Waals surface area contributed by atoms with Crippen molar-refractivity contribution in [3.05, 3.63) is 12.2 Å². The van der Waals surface area contributed by atoms with Crippen LogP contribution in [0.1, 0.15) is 19.8 Å². The lowest BCUT2D eigenvalue weighted by molar-refractivity contribution is -0.167. The third-order valence-corrected chi connectivity index (χ3v) is 5.20. The van der Waals surface area contributed by atoms with E-state index in [1.165, 1.54) is 0 Å². The van der Waals surface area contributed by atoms with Crippen molar-refractivity contribution in [3.8, 4) is 0 Å². The minimum Gasteiger partial charge on any atom is -0.392 e. The van der Waals surface area contributed by atoms with Crippen LogP contribution in [0.25, 0.3) is 0 Å². The summed E-state index contributed by atoms with van der Waals surface area (Å²) in [6, 6.07) is 0. The summed E-state index contributed by atoms with van der Waals surface area (Å²) < 4.78 is 10.8. The molecule has 1 heterocycles. The molecule has 1 saturated heterocycles. The average molecular weight is 270 g/mol. The Bertz CT molecular complexity index is 396. The third kappa shape index (κ3) is 1.68. The summed E-state index contributed by atoms with van der Waals surface area (Å²) in [6.07, 6.45) is 3.98. The van der Waals surface area contributed by atoms with E-state index >= 15 is 0 Å². The summed E-state index contributed by atoms with van der Waals surface area (Å²) in [5, 5.41) is 10.5. The van der Waals surface area contributed by atoms with Crippen LogP contribution in [0.3, 0.4) is 0 Å². The average Bonchev–Trinajstić information content (AvgIpc) is 2.36. The van der Waals surface area contributed by atoms with Crippen LogP contribution in [-0.4, -0.2) is 35.8 Å². The van der Waals surface area contributed by atoms with Crippen LogP contribution in [0.15, 0.2) is 12.2 Å². The van der Waals surface area contributed by atoms with E-state index in [-0.39, 0.29) is 35.2 Å². The highest BCUT2D eigenvalue weighted by molar-refractivity contribution is 7.75. The SMILES string of the molecule is C[C@]12C=CC(=O)C[C@@H]1[C@@H](O)C1COC1C[C@@H]2OS. The summed E-state index contributed by atoms with van der Waals surface area (Å²) in [4.78, 5) is 11.6. The van der Waals surface area contributed by atoms with Gasteiger partial charge < -0.3 is 14.0 Å². The van der Waals surface area contributed by atoms with Crippen LogP contribution >= 0.6 is 12.9 Å². The molecule has 0 spiro atoms. The predicted octanol–water partition coefficient (Wildman–Crippen LogP) is 1.15. The number of carbonyl (C=O) groups excluding carboxylic acids is 1. The Morgan fingerprint density at radius 2 is 2.39 bits per heavy atom. The number of thiol groups is 1. The van der Waals surface area contributed by atoms with Crippen LogP contribution in [0.5, 0.6) is 0 Å². The fourth-order valence-corrected chi connectivity index (χ4v) is 3.87. The minimum absolute atomic E-state index is 0.0306. The molecule has 0 radical (unpaired) electrons. The first-order chi connectivity index (χ1) is 8.56.